The summed E-state index contributed by atoms with van der Waals surface area (Å²) in [4.78, 5) is 21.5. The molecule has 0 radical (unpaired) electrons. The molecule has 0 amide bonds. The van der Waals surface area contributed by atoms with E-state index >= 15 is 0 Å². The highest BCUT2D eigenvalue weighted by Gasteiger charge is 2.19. The zero-order chi connectivity index (χ0) is 19.8. The molecule has 0 bridgehead atoms. The average Bonchev–Trinajstić information content (AvgIpc) is 3.14. The van der Waals surface area contributed by atoms with Crippen LogP contribution in [0.25, 0.3) is 16.7 Å². The molecule has 4 aromatic rings. The smallest absolute Gasteiger partial charge is 0.263 e. The number of fused-ring (bicyclic) bond motifs is 1. The highest BCUT2D eigenvalue weighted by molar-refractivity contribution is 5.76. The van der Waals surface area contributed by atoms with Gasteiger partial charge < -0.3 is 4.90 Å². The molecule has 0 aliphatic carbocycles. The van der Waals surface area contributed by atoms with Crippen molar-refractivity contribution in [3.8, 4) is 5.69 Å². The molecular weight excluding hydrogens is 364 g/mol. The van der Waals surface area contributed by atoms with Crippen LogP contribution in [0.5, 0.6) is 0 Å². The van der Waals surface area contributed by atoms with Gasteiger partial charge in [0.05, 0.1) is 17.9 Å². The normalized spacial score (nSPS) is 12.3. The lowest BCUT2D eigenvalue weighted by molar-refractivity contribution is 0.505. The van der Waals surface area contributed by atoms with Gasteiger partial charge in [-0.1, -0.05) is 24.3 Å². The molecule has 1 atom stereocenters. The Balaban J connectivity index is 1.78. The van der Waals surface area contributed by atoms with E-state index in [9.17, 15) is 13.6 Å². The van der Waals surface area contributed by atoms with E-state index in [1.54, 1.807) is 16.6 Å². The number of anilines is 1. The summed E-state index contributed by atoms with van der Waals surface area (Å²) in [6.07, 6.45) is 1.47. The summed E-state index contributed by atoms with van der Waals surface area (Å²) in [7, 11) is 1.72. The molecule has 0 spiro atoms. The van der Waals surface area contributed by atoms with Gasteiger partial charge in [-0.2, -0.15) is 10.1 Å². The zero-order valence-corrected chi connectivity index (χ0v) is 15.2. The van der Waals surface area contributed by atoms with Gasteiger partial charge in [-0.3, -0.25) is 9.78 Å². The largest absolute Gasteiger partial charge is 0.339 e. The molecule has 142 valence electrons. The third-order valence-electron chi connectivity index (χ3n) is 4.77. The van der Waals surface area contributed by atoms with Crippen LogP contribution in [0.1, 0.15) is 18.5 Å². The first-order valence-corrected chi connectivity index (χ1v) is 8.67. The summed E-state index contributed by atoms with van der Waals surface area (Å²) in [5.41, 5.74) is 1.42. The summed E-state index contributed by atoms with van der Waals surface area (Å²) >= 11 is 0. The first kappa shape index (κ1) is 17.8. The lowest BCUT2D eigenvalue weighted by Crippen LogP contribution is -2.26. The van der Waals surface area contributed by atoms with Gasteiger partial charge in [0.15, 0.2) is 17.3 Å². The SMILES string of the molecule is CC(c1ccc(F)c(F)c1)N(C)c1nc2c(cnn2-c2ccccc2)c(=O)[nH]1. The van der Waals surface area contributed by atoms with Gasteiger partial charge in [0.2, 0.25) is 5.95 Å². The van der Waals surface area contributed by atoms with Gasteiger partial charge in [0.25, 0.3) is 5.56 Å². The molecule has 0 saturated carbocycles. The van der Waals surface area contributed by atoms with Crippen LogP contribution in [0.4, 0.5) is 14.7 Å². The molecule has 0 aliphatic heterocycles. The van der Waals surface area contributed by atoms with Crippen molar-refractivity contribution >= 4 is 17.0 Å². The van der Waals surface area contributed by atoms with Crippen LogP contribution in [0.2, 0.25) is 0 Å². The van der Waals surface area contributed by atoms with E-state index in [-0.39, 0.29) is 11.6 Å². The van der Waals surface area contributed by atoms with E-state index in [1.807, 2.05) is 37.3 Å². The summed E-state index contributed by atoms with van der Waals surface area (Å²) in [5.74, 6) is -1.53. The van der Waals surface area contributed by atoms with Crippen LogP contribution in [-0.2, 0) is 0 Å². The van der Waals surface area contributed by atoms with Crippen molar-refractivity contribution in [2.45, 2.75) is 13.0 Å². The van der Waals surface area contributed by atoms with Crippen LogP contribution in [0, 0.1) is 11.6 Å². The molecule has 0 aliphatic rings. The lowest BCUT2D eigenvalue weighted by atomic mass is 10.1. The van der Waals surface area contributed by atoms with Gasteiger partial charge in [0, 0.05) is 7.05 Å². The Morgan fingerprint density at radius 3 is 2.57 bits per heavy atom. The topological polar surface area (TPSA) is 66.8 Å². The van der Waals surface area contributed by atoms with Crippen LogP contribution in [-0.4, -0.2) is 26.8 Å². The fourth-order valence-corrected chi connectivity index (χ4v) is 3.01. The molecule has 2 aromatic heterocycles. The Bertz CT molecular complexity index is 1200. The molecule has 2 heterocycles. The Kier molecular flexibility index (Phi) is 4.38. The number of aromatic nitrogens is 4. The van der Waals surface area contributed by atoms with Gasteiger partial charge in [-0.15, -0.1) is 0 Å². The average molecular weight is 381 g/mol. The molecule has 28 heavy (non-hydrogen) atoms. The molecule has 2 aromatic carbocycles. The number of nitrogens with zero attached hydrogens (tertiary/aromatic N) is 4. The number of rotatable bonds is 4. The Labute approximate surface area is 159 Å². The monoisotopic (exact) mass is 381 g/mol. The summed E-state index contributed by atoms with van der Waals surface area (Å²) < 4.78 is 28.4. The number of halogens is 2. The maximum absolute atomic E-state index is 13.6. The van der Waals surface area contributed by atoms with Crippen LogP contribution < -0.4 is 10.5 Å². The zero-order valence-electron chi connectivity index (χ0n) is 15.2. The predicted octanol–water partition coefficient (Wildman–Crippen LogP) is 3.58. The number of nitrogens with one attached hydrogen (secondary N) is 1. The minimum atomic E-state index is -0.920. The van der Waals surface area contributed by atoms with Crippen LogP contribution in [0.3, 0.4) is 0 Å². The first-order valence-electron chi connectivity index (χ1n) is 8.67. The molecule has 4 rings (SSSR count). The van der Waals surface area contributed by atoms with Gasteiger partial charge in [0.1, 0.15) is 5.39 Å². The third kappa shape index (κ3) is 3.02. The number of aromatic amines is 1. The highest BCUT2D eigenvalue weighted by atomic mass is 19.2. The summed E-state index contributed by atoms with van der Waals surface area (Å²) in [6, 6.07) is 12.7. The van der Waals surface area contributed by atoms with E-state index in [4.69, 9.17) is 0 Å². The number of H-pyrrole nitrogens is 1. The molecular formula is C20H17F2N5O. The van der Waals surface area contributed by atoms with Crippen molar-refractivity contribution in [3.05, 3.63) is 82.3 Å². The molecule has 0 fully saturated rings. The second kappa shape index (κ2) is 6.88. The quantitative estimate of drug-likeness (QED) is 0.587. The van der Waals surface area contributed by atoms with Crippen LogP contribution >= 0.6 is 0 Å². The maximum Gasteiger partial charge on any atom is 0.263 e. The third-order valence-corrected chi connectivity index (χ3v) is 4.77. The molecule has 6 nitrogen and oxygen atoms in total. The number of hydrogen-bond acceptors (Lipinski definition) is 4. The predicted molar refractivity (Wildman–Crippen MR) is 103 cm³/mol. The minimum Gasteiger partial charge on any atom is -0.339 e. The van der Waals surface area contributed by atoms with Gasteiger partial charge >= 0.3 is 0 Å². The second-order valence-corrected chi connectivity index (χ2v) is 6.48. The maximum atomic E-state index is 13.6. The van der Waals surface area contributed by atoms with Gasteiger partial charge in [-0.25, -0.2) is 13.5 Å². The van der Waals surface area contributed by atoms with E-state index < -0.39 is 11.6 Å². The van der Waals surface area contributed by atoms with Crippen molar-refractivity contribution in [3.63, 3.8) is 0 Å². The van der Waals surface area contributed by atoms with E-state index in [0.717, 1.165) is 17.8 Å². The summed E-state index contributed by atoms with van der Waals surface area (Å²) in [5, 5.41) is 4.64. The van der Waals surface area contributed by atoms with Crippen molar-refractivity contribution in [2.24, 2.45) is 0 Å². The number of para-hydroxylation sites is 1. The van der Waals surface area contributed by atoms with E-state index in [0.29, 0.717) is 22.5 Å². The van der Waals surface area contributed by atoms with E-state index in [2.05, 4.69) is 15.1 Å². The Morgan fingerprint density at radius 2 is 1.86 bits per heavy atom. The fourth-order valence-electron chi connectivity index (χ4n) is 3.01. The number of hydrogen-bond donors (Lipinski definition) is 1. The Morgan fingerprint density at radius 1 is 1.11 bits per heavy atom. The van der Waals surface area contributed by atoms with Crippen molar-refractivity contribution in [1.29, 1.82) is 0 Å². The standard InChI is InChI=1S/C20H17F2N5O/c1-12(13-8-9-16(21)17(22)10-13)26(2)20-24-18-15(19(28)25-20)11-23-27(18)14-6-4-3-5-7-14/h3-12H,1-2H3,(H,24,25,28). The molecule has 0 saturated heterocycles. The molecule has 1 N–H and O–H groups in total. The molecule has 8 heteroatoms. The first-order chi connectivity index (χ1) is 13.5. The number of benzene rings is 2. The Hall–Kier alpha value is -3.55. The fraction of sp³-hybridized carbons (Fsp3) is 0.150. The van der Waals surface area contributed by atoms with Crippen LogP contribution in [0.15, 0.2) is 59.5 Å². The second-order valence-electron chi connectivity index (χ2n) is 6.48. The molecule has 1 unspecified atom stereocenters. The van der Waals surface area contributed by atoms with E-state index in [1.165, 1.54) is 12.3 Å². The van der Waals surface area contributed by atoms with Crippen molar-refractivity contribution in [2.75, 3.05) is 11.9 Å². The van der Waals surface area contributed by atoms with Crippen molar-refractivity contribution < 1.29 is 8.78 Å². The highest BCUT2D eigenvalue weighted by Crippen LogP contribution is 2.24. The minimum absolute atomic E-state index is 0.299. The lowest BCUT2D eigenvalue weighted by Gasteiger charge is -2.25. The van der Waals surface area contributed by atoms with Crippen molar-refractivity contribution in [1.82, 2.24) is 19.7 Å². The summed E-state index contributed by atoms with van der Waals surface area (Å²) in [6.45, 7) is 1.81. The van der Waals surface area contributed by atoms with Gasteiger partial charge in [-0.05, 0) is 36.8 Å².